The van der Waals surface area contributed by atoms with Crippen molar-refractivity contribution in [3.8, 4) is 0 Å². The van der Waals surface area contributed by atoms with Gasteiger partial charge in [-0.2, -0.15) is 0 Å². The fourth-order valence-corrected chi connectivity index (χ4v) is 6.02. The van der Waals surface area contributed by atoms with Gasteiger partial charge in [0.1, 0.15) is 11.6 Å². The fraction of sp³-hybridized carbons (Fsp3) is 0.500. The number of H-pyrrole nitrogens is 2. The molecule has 9 nitrogen and oxygen atoms in total. The number of hydrogen-bond acceptors (Lipinski definition) is 6. The topological polar surface area (TPSA) is 124 Å². The predicted molar refractivity (Wildman–Crippen MR) is 141 cm³/mol. The summed E-state index contributed by atoms with van der Waals surface area (Å²) in [5.41, 5.74) is 0.438. The molecule has 196 valence electrons. The van der Waals surface area contributed by atoms with Crippen molar-refractivity contribution in [3.05, 3.63) is 66.3 Å². The smallest absolute Gasteiger partial charge is 0.251 e. The van der Waals surface area contributed by atoms with Gasteiger partial charge in [-0.15, -0.1) is 0 Å². The Morgan fingerprint density at radius 2 is 1.47 bits per heavy atom. The van der Waals surface area contributed by atoms with E-state index in [0.717, 1.165) is 19.4 Å². The number of amides is 1. The second-order valence-electron chi connectivity index (χ2n) is 9.56. The number of nitrogens with one attached hydrogen (secondary N) is 3. The summed E-state index contributed by atoms with van der Waals surface area (Å²) in [6.45, 7) is 10.4. The molecule has 1 aromatic carbocycles. The highest BCUT2D eigenvalue weighted by Gasteiger charge is 2.30. The zero-order chi connectivity index (χ0) is 26.1. The molecule has 1 amide bonds. The summed E-state index contributed by atoms with van der Waals surface area (Å²) in [5.74, 6) is 0.985. The molecule has 0 aliphatic rings. The van der Waals surface area contributed by atoms with Crippen LogP contribution in [0.15, 0.2) is 53.9 Å². The maximum Gasteiger partial charge on any atom is 0.251 e. The summed E-state index contributed by atoms with van der Waals surface area (Å²) in [6, 6.07) is 7.13. The van der Waals surface area contributed by atoms with E-state index in [9.17, 15) is 13.2 Å². The maximum absolute atomic E-state index is 13.5. The van der Waals surface area contributed by atoms with Crippen LogP contribution in [0.5, 0.6) is 0 Å². The summed E-state index contributed by atoms with van der Waals surface area (Å²) in [5, 5.41) is 2.18. The zero-order valence-corrected chi connectivity index (χ0v) is 22.4. The van der Waals surface area contributed by atoms with Crippen LogP contribution < -0.4 is 5.32 Å². The lowest BCUT2D eigenvalue weighted by molar-refractivity contribution is 0.0951. The molecule has 3 aromatic rings. The van der Waals surface area contributed by atoms with Crippen molar-refractivity contribution in [1.82, 2.24) is 30.2 Å². The van der Waals surface area contributed by atoms with E-state index in [0.29, 0.717) is 35.8 Å². The molecular formula is C26H38N6O3S. The molecule has 3 rings (SSSR count). The molecule has 0 saturated heterocycles. The van der Waals surface area contributed by atoms with Crippen LogP contribution in [0.1, 0.15) is 62.5 Å². The minimum absolute atomic E-state index is 0.171. The van der Waals surface area contributed by atoms with E-state index in [-0.39, 0.29) is 23.6 Å². The van der Waals surface area contributed by atoms with Gasteiger partial charge in [0.25, 0.3) is 5.91 Å². The summed E-state index contributed by atoms with van der Waals surface area (Å²) in [4.78, 5) is 29.5. The minimum Gasteiger partial charge on any atom is -0.352 e. The van der Waals surface area contributed by atoms with E-state index in [4.69, 9.17) is 0 Å². The Morgan fingerprint density at radius 1 is 0.917 bits per heavy atom. The van der Waals surface area contributed by atoms with Crippen molar-refractivity contribution in [2.75, 3.05) is 13.1 Å². The standard InChI is InChI=1S/C26H38N6O3S/c1-19(2)32(20(3)4)16-6-5-11-31-26(33)21-7-9-22(10-8-21)36(34,35)23(17-24-27-12-13-28-24)18-25-29-14-15-30-25/h7-10,12-15,19-20,23H,5-6,11,16-18H2,1-4H3,(H,27,28)(H,29,30)(H,31,33). The second-order valence-corrected chi connectivity index (χ2v) is 11.8. The number of nitrogens with zero attached hydrogens (tertiary/aromatic N) is 3. The molecular weight excluding hydrogens is 476 g/mol. The van der Waals surface area contributed by atoms with Crippen molar-refractivity contribution in [1.29, 1.82) is 0 Å². The van der Waals surface area contributed by atoms with Crippen molar-refractivity contribution >= 4 is 15.7 Å². The molecule has 0 atom stereocenters. The van der Waals surface area contributed by atoms with Gasteiger partial charge >= 0.3 is 0 Å². The number of hydrogen-bond donors (Lipinski definition) is 3. The molecule has 0 saturated carbocycles. The average molecular weight is 515 g/mol. The third-order valence-corrected chi connectivity index (χ3v) is 8.43. The van der Waals surface area contributed by atoms with Gasteiger partial charge in [0, 0.05) is 61.8 Å². The quantitative estimate of drug-likeness (QED) is 0.283. The Morgan fingerprint density at radius 3 is 1.94 bits per heavy atom. The average Bonchev–Trinajstić information content (AvgIpc) is 3.55. The normalized spacial score (nSPS) is 12.2. The van der Waals surface area contributed by atoms with Crippen LogP contribution in [0.4, 0.5) is 0 Å². The molecule has 3 N–H and O–H groups in total. The van der Waals surface area contributed by atoms with Gasteiger partial charge in [-0.1, -0.05) is 0 Å². The molecule has 0 spiro atoms. The van der Waals surface area contributed by atoms with Crippen LogP contribution in [-0.4, -0.2) is 69.6 Å². The van der Waals surface area contributed by atoms with E-state index in [1.165, 1.54) is 12.1 Å². The molecule has 2 aromatic heterocycles. The highest BCUT2D eigenvalue weighted by Crippen LogP contribution is 2.22. The molecule has 2 heterocycles. The van der Waals surface area contributed by atoms with Gasteiger partial charge in [-0.05, 0) is 71.3 Å². The Labute approximate surface area is 214 Å². The second kappa shape index (κ2) is 12.8. The predicted octanol–water partition coefficient (Wildman–Crippen LogP) is 3.39. The number of aromatic nitrogens is 4. The SMILES string of the molecule is CC(C)N(CCCCNC(=O)c1ccc(S(=O)(=O)C(Cc2ncc[nH]2)Cc2ncc[nH]2)cc1)C(C)C. The number of imidazole rings is 2. The van der Waals surface area contributed by atoms with Gasteiger partial charge in [0.2, 0.25) is 0 Å². The number of sulfone groups is 1. The molecule has 0 unspecified atom stereocenters. The largest absolute Gasteiger partial charge is 0.352 e. The number of benzene rings is 1. The molecule has 0 aliphatic heterocycles. The van der Waals surface area contributed by atoms with Crippen LogP contribution in [0.25, 0.3) is 0 Å². The zero-order valence-electron chi connectivity index (χ0n) is 21.6. The molecule has 10 heteroatoms. The Kier molecular flexibility index (Phi) is 9.83. The Hall–Kier alpha value is -2.98. The van der Waals surface area contributed by atoms with Gasteiger partial charge in [0.05, 0.1) is 10.1 Å². The highest BCUT2D eigenvalue weighted by atomic mass is 32.2. The molecule has 0 fully saturated rings. The lowest BCUT2D eigenvalue weighted by atomic mass is 10.2. The van der Waals surface area contributed by atoms with Crippen LogP contribution in [0, 0.1) is 0 Å². The van der Waals surface area contributed by atoms with Gasteiger partial charge in [-0.25, -0.2) is 18.4 Å². The van der Waals surface area contributed by atoms with Crippen LogP contribution >= 0.6 is 0 Å². The van der Waals surface area contributed by atoms with Crippen LogP contribution in [0.2, 0.25) is 0 Å². The fourth-order valence-electron chi connectivity index (χ4n) is 4.37. The molecule has 0 radical (unpaired) electrons. The summed E-state index contributed by atoms with van der Waals surface area (Å²) >= 11 is 0. The van der Waals surface area contributed by atoms with E-state index >= 15 is 0 Å². The minimum atomic E-state index is -3.70. The first-order valence-corrected chi connectivity index (χ1v) is 14.1. The van der Waals surface area contributed by atoms with Gasteiger partial charge in [-0.3, -0.25) is 9.69 Å². The lowest BCUT2D eigenvalue weighted by Crippen LogP contribution is -2.38. The molecule has 0 aliphatic carbocycles. The van der Waals surface area contributed by atoms with Crippen molar-refractivity contribution in [2.24, 2.45) is 0 Å². The number of carbonyl (C=O) groups is 1. The monoisotopic (exact) mass is 514 g/mol. The third-order valence-electron chi connectivity index (χ3n) is 6.29. The van der Waals surface area contributed by atoms with E-state index < -0.39 is 15.1 Å². The van der Waals surface area contributed by atoms with Crippen LogP contribution in [-0.2, 0) is 22.7 Å². The van der Waals surface area contributed by atoms with Gasteiger partial charge in [0.15, 0.2) is 9.84 Å². The number of rotatable bonds is 14. The number of unbranched alkanes of at least 4 members (excludes halogenated alkanes) is 1. The first-order chi connectivity index (χ1) is 17.2. The number of carbonyl (C=O) groups excluding carboxylic acids is 1. The molecule has 36 heavy (non-hydrogen) atoms. The van der Waals surface area contributed by atoms with E-state index in [2.05, 4.69) is 57.8 Å². The summed E-state index contributed by atoms with van der Waals surface area (Å²) in [7, 11) is -3.70. The van der Waals surface area contributed by atoms with Crippen molar-refractivity contribution < 1.29 is 13.2 Å². The first-order valence-electron chi connectivity index (χ1n) is 12.5. The third kappa shape index (κ3) is 7.51. The molecule has 0 bridgehead atoms. The highest BCUT2D eigenvalue weighted by molar-refractivity contribution is 7.92. The Balaban J connectivity index is 1.59. The Bertz CT molecular complexity index is 1110. The van der Waals surface area contributed by atoms with E-state index in [1.807, 2.05) is 0 Å². The maximum atomic E-state index is 13.5. The summed E-state index contributed by atoms with van der Waals surface area (Å²) in [6.07, 6.45) is 8.88. The van der Waals surface area contributed by atoms with Crippen molar-refractivity contribution in [2.45, 2.75) is 75.6 Å². The van der Waals surface area contributed by atoms with Crippen LogP contribution in [0.3, 0.4) is 0 Å². The lowest BCUT2D eigenvalue weighted by Gasteiger charge is -2.30. The first kappa shape index (κ1) is 27.6. The van der Waals surface area contributed by atoms with Gasteiger partial charge < -0.3 is 15.3 Å². The number of aromatic amines is 2. The van der Waals surface area contributed by atoms with E-state index in [1.54, 1.807) is 36.9 Å². The van der Waals surface area contributed by atoms with Crippen molar-refractivity contribution in [3.63, 3.8) is 0 Å². The summed E-state index contributed by atoms with van der Waals surface area (Å²) < 4.78 is 26.9.